The number of rotatable bonds is 5. The fourth-order valence-corrected chi connectivity index (χ4v) is 3.91. The van der Waals surface area contributed by atoms with Crippen LogP contribution in [0.4, 0.5) is 0 Å². The summed E-state index contributed by atoms with van der Waals surface area (Å²) in [6, 6.07) is 0. The number of nitrogens with two attached hydrogens (primary N) is 1. The summed E-state index contributed by atoms with van der Waals surface area (Å²) < 4.78 is 0. The van der Waals surface area contributed by atoms with Gasteiger partial charge in [-0.2, -0.15) is 0 Å². The summed E-state index contributed by atoms with van der Waals surface area (Å²) in [5, 5.41) is 0. The Balaban J connectivity index is 2.04. The number of hydrogen-bond donors (Lipinski definition) is 1. The summed E-state index contributed by atoms with van der Waals surface area (Å²) in [4.78, 5) is 2.71. The van der Waals surface area contributed by atoms with E-state index in [4.69, 9.17) is 5.73 Å². The third kappa shape index (κ3) is 2.12. The van der Waals surface area contributed by atoms with E-state index >= 15 is 0 Å². The second kappa shape index (κ2) is 4.79. The van der Waals surface area contributed by atoms with E-state index < -0.39 is 0 Å². The highest BCUT2D eigenvalue weighted by Gasteiger charge is 2.55. The summed E-state index contributed by atoms with van der Waals surface area (Å²) >= 11 is 0. The molecule has 0 amide bonds. The van der Waals surface area contributed by atoms with Gasteiger partial charge in [0.1, 0.15) is 0 Å². The minimum Gasteiger partial charge on any atom is -0.329 e. The molecule has 0 aromatic heterocycles. The molecule has 1 saturated heterocycles. The Morgan fingerprint density at radius 2 is 1.56 bits per heavy atom. The van der Waals surface area contributed by atoms with Crippen LogP contribution in [-0.4, -0.2) is 30.1 Å². The predicted octanol–water partition coefficient (Wildman–Crippen LogP) is 3.41. The number of nitrogens with zero attached hydrogens (tertiary/aromatic N) is 1. The van der Waals surface area contributed by atoms with Crippen LogP contribution in [0.2, 0.25) is 0 Å². The van der Waals surface area contributed by atoms with E-state index in [1.54, 1.807) is 0 Å². The second-order valence-electron chi connectivity index (χ2n) is 7.23. The van der Waals surface area contributed by atoms with Gasteiger partial charge < -0.3 is 5.73 Å². The smallest absolute Gasteiger partial charge is 0.0357 e. The van der Waals surface area contributed by atoms with Gasteiger partial charge in [-0.3, -0.25) is 4.90 Å². The van der Waals surface area contributed by atoms with E-state index in [2.05, 4.69) is 32.6 Å². The molecule has 2 nitrogen and oxygen atoms in total. The molecule has 2 heteroatoms. The van der Waals surface area contributed by atoms with Crippen LogP contribution >= 0.6 is 0 Å². The Kier molecular flexibility index (Phi) is 3.81. The van der Waals surface area contributed by atoms with Gasteiger partial charge in [0.25, 0.3) is 0 Å². The van der Waals surface area contributed by atoms with Crippen molar-refractivity contribution in [2.45, 2.75) is 71.8 Å². The van der Waals surface area contributed by atoms with Crippen molar-refractivity contribution in [2.24, 2.45) is 16.6 Å². The maximum absolute atomic E-state index is 6.15. The van der Waals surface area contributed by atoms with Gasteiger partial charge in [0.15, 0.2) is 0 Å². The average Bonchev–Trinajstić information content (AvgIpc) is 3.17. The van der Waals surface area contributed by atoms with Crippen molar-refractivity contribution in [1.29, 1.82) is 0 Å². The lowest BCUT2D eigenvalue weighted by molar-refractivity contribution is -0.0101. The quantitative estimate of drug-likeness (QED) is 0.812. The molecule has 0 spiro atoms. The van der Waals surface area contributed by atoms with Crippen LogP contribution in [0.1, 0.15) is 66.2 Å². The minimum atomic E-state index is 0.237. The fourth-order valence-electron chi connectivity index (χ4n) is 3.91. The van der Waals surface area contributed by atoms with Crippen LogP contribution in [0.15, 0.2) is 0 Å². The molecule has 0 radical (unpaired) electrons. The molecule has 1 aliphatic heterocycles. The third-order valence-electron chi connectivity index (χ3n) is 6.72. The van der Waals surface area contributed by atoms with Crippen LogP contribution in [0.25, 0.3) is 0 Å². The van der Waals surface area contributed by atoms with Crippen molar-refractivity contribution < 1.29 is 0 Å². The summed E-state index contributed by atoms with van der Waals surface area (Å²) in [5.41, 5.74) is 7.50. The number of piperidine rings is 1. The monoisotopic (exact) mass is 252 g/mol. The summed E-state index contributed by atoms with van der Waals surface area (Å²) in [5.74, 6) is 0. The zero-order valence-corrected chi connectivity index (χ0v) is 12.9. The van der Waals surface area contributed by atoms with E-state index in [-0.39, 0.29) is 5.54 Å². The van der Waals surface area contributed by atoms with Crippen LogP contribution in [0.5, 0.6) is 0 Å². The van der Waals surface area contributed by atoms with Gasteiger partial charge in [-0.25, -0.2) is 0 Å². The summed E-state index contributed by atoms with van der Waals surface area (Å²) in [6.45, 7) is 12.9. The molecular formula is C16H32N2. The highest BCUT2D eigenvalue weighted by molar-refractivity contribution is 5.10. The first kappa shape index (κ1) is 14.3. The molecule has 1 saturated carbocycles. The van der Waals surface area contributed by atoms with Crippen molar-refractivity contribution in [1.82, 2.24) is 4.90 Å². The van der Waals surface area contributed by atoms with Gasteiger partial charge in [0.05, 0.1) is 0 Å². The molecule has 2 fully saturated rings. The van der Waals surface area contributed by atoms with Crippen molar-refractivity contribution in [3.05, 3.63) is 0 Å². The SMILES string of the molecule is CCC1(CC)CCN(C(C)(CN)C2(C)CC2)CC1. The maximum Gasteiger partial charge on any atom is 0.0357 e. The Labute approximate surface area is 113 Å². The van der Waals surface area contributed by atoms with Gasteiger partial charge in [-0.05, 0) is 56.5 Å². The van der Waals surface area contributed by atoms with Crippen molar-refractivity contribution in [3.8, 4) is 0 Å². The lowest BCUT2D eigenvalue weighted by Gasteiger charge is -2.51. The molecule has 2 rings (SSSR count). The van der Waals surface area contributed by atoms with E-state index in [1.807, 2.05) is 0 Å². The molecule has 106 valence electrons. The standard InChI is InChI=1S/C16H32N2/c1-5-16(6-2)9-11-18(12-10-16)15(4,13-17)14(3)7-8-14/h5-13,17H2,1-4H3. The molecule has 0 aromatic carbocycles. The van der Waals surface area contributed by atoms with Crippen LogP contribution < -0.4 is 5.73 Å². The second-order valence-corrected chi connectivity index (χ2v) is 7.23. The van der Waals surface area contributed by atoms with Gasteiger partial charge >= 0.3 is 0 Å². The summed E-state index contributed by atoms with van der Waals surface area (Å²) in [6.07, 6.45) is 8.15. The zero-order valence-electron chi connectivity index (χ0n) is 12.9. The first-order valence-electron chi connectivity index (χ1n) is 7.90. The van der Waals surface area contributed by atoms with Crippen molar-refractivity contribution >= 4 is 0 Å². The highest BCUT2D eigenvalue weighted by Crippen LogP contribution is 2.56. The zero-order chi connectivity index (χ0) is 13.4. The van der Waals surface area contributed by atoms with Crippen LogP contribution in [0, 0.1) is 10.8 Å². The normalized spacial score (nSPS) is 29.8. The van der Waals surface area contributed by atoms with E-state index in [1.165, 1.54) is 51.6 Å². The van der Waals surface area contributed by atoms with E-state index in [0.29, 0.717) is 10.8 Å². The molecule has 1 unspecified atom stereocenters. The van der Waals surface area contributed by atoms with Gasteiger partial charge in [0, 0.05) is 12.1 Å². The van der Waals surface area contributed by atoms with E-state index in [0.717, 1.165) is 6.54 Å². The molecule has 2 aliphatic rings. The predicted molar refractivity (Wildman–Crippen MR) is 78.6 cm³/mol. The molecule has 18 heavy (non-hydrogen) atoms. The van der Waals surface area contributed by atoms with Crippen molar-refractivity contribution in [2.75, 3.05) is 19.6 Å². The fraction of sp³-hybridized carbons (Fsp3) is 1.00. The number of hydrogen-bond acceptors (Lipinski definition) is 2. The van der Waals surface area contributed by atoms with Gasteiger partial charge in [0.2, 0.25) is 0 Å². The van der Waals surface area contributed by atoms with Crippen molar-refractivity contribution in [3.63, 3.8) is 0 Å². The molecule has 1 aliphatic carbocycles. The molecule has 2 N–H and O–H groups in total. The maximum atomic E-state index is 6.15. The Bertz CT molecular complexity index is 281. The first-order valence-corrected chi connectivity index (χ1v) is 7.90. The lowest BCUT2D eigenvalue weighted by Crippen LogP contribution is -2.60. The Hall–Kier alpha value is -0.0800. The lowest BCUT2D eigenvalue weighted by atomic mass is 9.72. The largest absolute Gasteiger partial charge is 0.329 e. The van der Waals surface area contributed by atoms with Gasteiger partial charge in [-0.1, -0.05) is 33.6 Å². The molecule has 0 aromatic rings. The highest BCUT2D eigenvalue weighted by atomic mass is 15.2. The summed E-state index contributed by atoms with van der Waals surface area (Å²) in [7, 11) is 0. The topological polar surface area (TPSA) is 29.3 Å². The average molecular weight is 252 g/mol. The number of likely N-dealkylation sites (tertiary alicyclic amines) is 1. The van der Waals surface area contributed by atoms with Crippen LogP contribution in [-0.2, 0) is 0 Å². The molecular weight excluding hydrogens is 220 g/mol. The third-order valence-corrected chi connectivity index (χ3v) is 6.72. The first-order chi connectivity index (χ1) is 8.45. The van der Waals surface area contributed by atoms with Gasteiger partial charge in [-0.15, -0.1) is 0 Å². The van der Waals surface area contributed by atoms with Crippen LogP contribution in [0.3, 0.4) is 0 Å². The van der Waals surface area contributed by atoms with E-state index in [9.17, 15) is 0 Å². The molecule has 0 bridgehead atoms. The Morgan fingerprint density at radius 3 is 1.89 bits per heavy atom. The molecule has 1 atom stereocenters. The Morgan fingerprint density at radius 1 is 1.06 bits per heavy atom. The minimum absolute atomic E-state index is 0.237. The molecule has 1 heterocycles.